The van der Waals surface area contributed by atoms with Crippen LogP contribution in [0.25, 0.3) is 11.3 Å². The van der Waals surface area contributed by atoms with E-state index < -0.39 is 9.84 Å². The Labute approximate surface area is 203 Å². The molecule has 10 heteroatoms. The molecule has 174 valence electrons. The normalized spacial score (nSPS) is 11.4. The minimum absolute atomic E-state index is 0.174. The number of nitrogens with zero attached hydrogens (tertiary/aromatic N) is 2. The zero-order valence-corrected chi connectivity index (χ0v) is 20.3. The van der Waals surface area contributed by atoms with Gasteiger partial charge in [0.25, 0.3) is 5.91 Å². The SMILES string of the molecule is CS(=O)(=O)c1ccc(C(=O)NCCCCCc2cc(-c3cccc(Cl)c3Cl)nc(N)n2)cc1. The lowest BCUT2D eigenvalue weighted by Gasteiger charge is -2.09. The fourth-order valence-corrected chi connectivity index (χ4v) is 4.28. The lowest BCUT2D eigenvalue weighted by atomic mass is 10.1. The summed E-state index contributed by atoms with van der Waals surface area (Å²) in [5.41, 5.74) is 8.44. The molecule has 0 saturated carbocycles. The Morgan fingerprint density at radius 1 is 1.03 bits per heavy atom. The summed E-state index contributed by atoms with van der Waals surface area (Å²) in [6, 6.07) is 13.1. The molecule has 2 aromatic carbocycles. The minimum atomic E-state index is -3.28. The van der Waals surface area contributed by atoms with Gasteiger partial charge in [0, 0.05) is 29.6 Å². The van der Waals surface area contributed by atoms with E-state index in [0.29, 0.717) is 39.8 Å². The number of amides is 1. The summed E-state index contributed by atoms with van der Waals surface area (Å²) < 4.78 is 23.0. The first-order chi connectivity index (χ1) is 15.6. The van der Waals surface area contributed by atoms with Crippen molar-refractivity contribution in [3.05, 3.63) is 69.8 Å². The number of nitrogens with one attached hydrogen (secondary N) is 1. The van der Waals surface area contributed by atoms with Crippen molar-refractivity contribution in [2.75, 3.05) is 18.5 Å². The molecule has 0 unspecified atom stereocenters. The zero-order chi connectivity index (χ0) is 24.0. The maximum atomic E-state index is 12.2. The van der Waals surface area contributed by atoms with Gasteiger partial charge in [0.15, 0.2) is 9.84 Å². The predicted molar refractivity (Wildman–Crippen MR) is 131 cm³/mol. The van der Waals surface area contributed by atoms with Crippen molar-refractivity contribution in [3.8, 4) is 11.3 Å². The highest BCUT2D eigenvalue weighted by atomic mass is 35.5. The van der Waals surface area contributed by atoms with Crippen molar-refractivity contribution in [1.29, 1.82) is 0 Å². The summed E-state index contributed by atoms with van der Waals surface area (Å²) in [6.45, 7) is 0.516. The molecule has 0 spiro atoms. The van der Waals surface area contributed by atoms with Crippen LogP contribution in [0, 0.1) is 0 Å². The van der Waals surface area contributed by atoms with E-state index in [-0.39, 0.29) is 16.8 Å². The van der Waals surface area contributed by atoms with Crippen molar-refractivity contribution >= 4 is 44.9 Å². The number of aromatic nitrogens is 2. The third-order valence-electron chi connectivity index (χ3n) is 4.96. The van der Waals surface area contributed by atoms with E-state index in [2.05, 4.69) is 15.3 Å². The maximum Gasteiger partial charge on any atom is 0.251 e. The molecule has 0 aliphatic carbocycles. The van der Waals surface area contributed by atoms with Gasteiger partial charge in [-0.3, -0.25) is 4.79 Å². The molecule has 1 amide bonds. The fraction of sp³-hybridized carbons (Fsp3) is 0.261. The van der Waals surface area contributed by atoms with Gasteiger partial charge < -0.3 is 11.1 Å². The molecule has 0 bridgehead atoms. The highest BCUT2D eigenvalue weighted by Crippen LogP contribution is 2.33. The fourth-order valence-electron chi connectivity index (χ4n) is 3.25. The van der Waals surface area contributed by atoms with Crippen LogP contribution in [0.5, 0.6) is 0 Å². The second kappa shape index (κ2) is 11.0. The van der Waals surface area contributed by atoms with Crippen LogP contribution >= 0.6 is 23.2 Å². The highest BCUT2D eigenvalue weighted by Gasteiger charge is 2.12. The standard InChI is InChI=1S/C23H24Cl2N4O3S/c1-33(31,32)17-11-9-15(10-12-17)22(30)27-13-4-2-3-6-16-14-20(29-23(26)28-16)18-7-5-8-19(24)21(18)25/h5,7-12,14H,2-4,6,13H2,1H3,(H,27,30)(H2,26,28,29). The van der Waals surface area contributed by atoms with Gasteiger partial charge in [-0.05, 0) is 55.7 Å². The van der Waals surface area contributed by atoms with Crippen molar-refractivity contribution in [2.45, 2.75) is 30.6 Å². The Morgan fingerprint density at radius 3 is 2.45 bits per heavy atom. The van der Waals surface area contributed by atoms with Gasteiger partial charge in [0.2, 0.25) is 5.95 Å². The first kappa shape index (κ1) is 25.0. The number of halogens is 2. The van der Waals surface area contributed by atoms with E-state index in [9.17, 15) is 13.2 Å². The number of aryl methyl sites for hydroxylation is 1. The quantitative estimate of drug-likeness (QED) is 0.410. The molecule has 3 N–H and O–H groups in total. The molecule has 33 heavy (non-hydrogen) atoms. The summed E-state index contributed by atoms with van der Waals surface area (Å²) in [5, 5.41) is 3.71. The predicted octanol–water partition coefficient (Wildman–Crippen LogP) is 4.58. The third-order valence-corrected chi connectivity index (χ3v) is 6.91. The smallest absolute Gasteiger partial charge is 0.251 e. The largest absolute Gasteiger partial charge is 0.368 e. The van der Waals surface area contributed by atoms with Crippen molar-refractivity contribution in [1.82, 2.24) is 15.3 Å². The van der Waals surface area contributed by atoms with Gasteiger partial charge in [-0.15, -0.1) is 0 Å². The van der Waals surface area contributed by atoms with Gasteiger partial charge in [-0.2, -0.15) is 0 Å². The van der Waals surface area contributed by atoms with Crippen LogP contribution in [0.15, 0.2) is 53.4 Å². The average molecular weight is 507 g/mol. The molecule has 0 atom stereocenters. The number of unbranched alkanes of at least 4 members (excludes halogenated alkanes) is 2. The second-order valence-corrected chi connectivity index (χ2v) is 10.4. The van der Waals surface area contributed by atoms with E-state index in [0.717, 1.165) is 31.2 Å². The molecule has 0 radical (unpaired) electrons. The third kappa shape index (κ3) is 6.90. The second-order valence-electron chi connectivity index (χ2n) is 7.57. The Bertz CT molecular complexity index is 1250. The monoisotopic (exact) mass is 506 g/mol. The number of anilines is 1. The number of hydrogen-bond donors (Lipinski definition) is 2. The maximum absolute atomic E-state index is 12.2. The molecule has 0 saturated heterocycles. The molecule has 0 fully saturated rings. The molecule has 3 rings (SSSR count). The number of nitrogens with two attached hydrogens (primary N) is 1. The number of carbonyl (C=O) groups is 1. The molecule has 7 nitrogen and oxygen atoms in total. The van der Waals surface area contributed by atoms with Gasteiger partial charge in [-0.1, -0.05) is 41.8 Å². The summed E-state index contributed by atoms with van der Waals surface area (Å²) in [5.74, 6) is -0.0608. The molecule has 0 aliphatic rings. The lowest BCUT2D eigenvalue weighted by molar-refractivity contribution is 0.0953. The van der Waals surface area contributed by atoms with E-state index in [1.807, 2.05) is 12.1 Å². The molecular formula is C23H24Cl2N4O3S. The first-order valence-corrected chi connectivity index (χ1v) is 13.0. The Hall–Kier alpha value is -2.68. The van der Waals surface area contributed by atoms with E-state index in [1.54, 1.807) is 12.1 Å². The minimum Gasteiger partial charge on any atom is -0.368 e. The summed E-state index contributed by atoms with van der Waals surface area (Å²) in [7, 11) is -3.28. The van der Waals surface area contributed by atoms with E-state index >= 15 is 0 Å². The van der Waals surface area contributed by atoms with Crippen LogP contribution in [-0.4, -0.2) is 37.1 Å². The number of sulfone groups is 1. The summed E-state index contributed by atoms with van der Waals surface area (Å²) >= 11 is 12.4. The van der Waals surface area contributed by atoms with Crippen molar-refractivity contribution < 1.29 is 13.2 Å². The number of rotatable bonds is 9. The Balaban J connectivity index is 1.47. The molecule has 3 aromatic rings. The van der Waals surface area contributed by atoms with Gasteiger partial charge in [0.05, 0.1) is 20.6 Å². The lowest BCUT2D eigenvalue weighted by Crippen LogP contribution is -2.24. The van der Waals surface area contributed by atoms with Crippen LogP contribution in [-0.2, 0) is 16.3 Å². The molecule has 1 heterocycles. The van der Waals surface area contributed by atoms with Crippen molar-refractivity contribution in [3.63, 3.8) is 0 Å². The average Bonchev–Trinajstić information content (AvgIpc) is 2.77. The summed E-state index contributed by atoms with van der Waals surface area (Å²) in [6.07, 6.45) is 4.37. The molecule has 1 aromatic heterocycles. The van der Waals surface area contributed by atoms with Gasteiger partial charge >= 0.3 is 0 Å². The summed E-state index contributed by atoms with van der Waals surface area (Å²) in [4.78, 5) is 21.0. The molecule has 0 aliphatic heterocycles. The topological polar surface area (TPSA) is 115 Å². The number of hydrogen-bond acceptors (Lipinski definition) is 6. The Kier molecular flexibility index (Phi) is 8.29. The number of carbonyl (C=O) groups excluding carboxylic acids is 1. The van der Waals surface area contributed by atoms with Gasteiger partial charge in [-0.25, -0.2) is 18.4 Å². The number of nitrogen functional groups attached to an aromatic ring is 1. The molecular weight excluding hydrogens is 483 g/mol. The van der Waals surface area contributed by atoms with E-state index in [4.69, 9.17) is 28.9 Å². The number of benzene rings is 2. The highest BCUT2D eigenvalue weighted by molar-refractivity contribution is 7.90. The van der Waals surface area contributed by atoms with Crippen LogP contribution in [0.2, 0.25) is 10.0 Å². The van der Waals surface area contributed by atoms with Gasteiger partial charge in [0.1, 0.15) is 0 Å². The Morgan fingerprint density at radius 2 is 1.76 bits per heavy atom. The van der Waals surface area contributed by atoms with Crippen LogP contribution in [0.3, 0.4) is 0 Å². The van der Waals surface area contributed by atoms with Crippen LogP contribution in [0.4, 0.5) is 5.95 Å². The van der Waals surface area contributed by atoms with Crippen molar-refractivity contribution in [2.24, 2.45) is 0 Å². The van der Waals surface area contributed by atoms with Crippen LogP contribution < -0.4 is 11.1 Å². The van der Waals surface area contributed by atoms with Crippen LogP contribution in [0.1, 0.15) is 35.3 Å². The zero-order valence-electron chi connectivity index (χ0n) is 18.0. The van der Waals surface area contributed by atoms with E-state index in [1.165, 1.54) is 24.3 Å². The first-order valence-electron chi connectivity index (χ1n) is 10.3.